The van der Waals surface area contributed by atoms with Crippen LogP contribution >= 0.6 is 0 Å². The Kier molecular flexibility index (Phi) is 3.62. The van der Waals surface area contributed by atoms with Crippen molar-refractivity contribution in [2.45, 2.75) is 25.9 Å². The molecule has 1 heterocycles. The van der Waals surface area contributed by atoms with E-state index in [9.17, 15) is 4.79 Å². The van der Waals surface area contributed by atoms with Crippen molar-refractivity contribution in [3.05, 3.63) is 59.7 Å². The fraction of sp³-hybridized carbons (Fsp3) is 0.235. The number of carbonyl (C=O) groups excluding carboxylic acids is 1. The molecule has 1 unspecified atom stereocenters. The highest BCUT2D eigenvalue weighted by atomic mass is 16.2. The molecule has 2 aromatic rings. The van der Waals surface area contributed by atoms with Crippen molar-refractivity contribution < 1.29 is 4.79 Å². The number of nitrogens with zero attached hydrogens (tertiary/aromatic N) is 1. The van der Waals surface area contributed by atoms with Crippen molar-refractivity contribution in [3.63, 3.8) is 0 Å². The third kappa shape index (κ3) is 2.62. The predicted molar refractivity (Wildman–Crippen MR) is 85.4 cm³/mol. The Bertz CT molecular complexity index is 651. The van der Waals surface area contributed by atoms with Crippen LogP contribution in [0.2, 0.25) is 0 Å². The number of rotatable bonds is 2. The molecular weight excluding hydrogens is 262 g/mol. The second-order valence-corrected chi connectivity index (χ2v) is 5.38. The lowest BCUT2D eigenvalue weighted by atomic mass is 10.1. The monoisotopic (exact) mass is 281 g/mol. The number of anilines is 2. The van der Waals surface area contributed by atoms with E-state index in [1.165, 1.54) is 5.56 Å². The Labute approximate surface area is 124 Å². The van der Waals surface area contributed by atoms with E-state index in [4.69, 9.17) is 5.73 Å². The van der Waals surface area contributed by atoms with Crippen molar-refractivity contribution in [1.82, 2.24) is 0 Å². The van der Waals surface area contributed by atoms with Crippen molar-refractivity contribution in [1.29, 1.82) is 0 Å². The molecule has 1 atom stereocenters. The summed E-state index contributed by atoms with van der Waals surface area (Å²) in [5.41, 5.74) is 9.63. The van der Waals surface area contributed by atoms with Gasteiger partial charge in [-0.1, -0.05) is 30.3 Å². The van der Waals surface area contributed by atoms with E-state index in [1.54, 1.807) is 0 Å². The van der Waals surface area contributed by atoms with Crippen molar-refractivity contribution in [3.8, 4) is 0 Å². The second kappa shape index (κ2) is 5.58. The molecular formula is C17H19N3O. The van der Waals surface area contributed by atoms with Gasteiger partial charge in [0.2, 0.25) is 0 Å². The lowest BCUT2D eigenvalue weighted by Gasteiger charge is -2.23. The summed E-state index contributed by atoms with van der Waals surface area (Å²) in [5.74, 6) is 0. The number of hydrogen-bond donors (Lipinski definition) is 2. The molecule has 0 radical (unpaired) electrons. The van der Waals surface area contributed by atoms with E-state index in [0.29, 0.717) is 6.54 Å². The maximum absolute atomic E-state index is 12.5. The summed E-state index contributed by atoms with van der Waals surface area (Å²) < 4.78 is 0. The van der Waals surface area contributed by atoms with Crippen molar-refractivity contribution >= 4 is 17.4 Å². The highest BCUT2D eigenvalue weighted by Gasteiger charge is 2.30. The van der Waals surface area contributed by atoms with Crippen molar-refractivity contribution in [2.75, 3.05) is 10.2 Å². The van der Waals surface area contributed by atoms with Gasteiger partial charge in [-0.05, 0) is 42.7 Å². The smallest absolute Gasteiger partial charge is 0.326 e. The molecule has 3 N–H and O–H groups in total. The molecule has 3 rings (SSSR count). The third-order valence-corrected chi connectivity index (χ3v) is 3.87. The number of benzene rings is 2. The number of hydrogen-bond acceptors (Lipinski definition) is 2. The minimum atomic E-state index is -0.0899. The summed E-state index contributed by atoms with van der Waals surface area (Å²) >= 11 is 0. The van der Waals surface area contributed by atoms with Gasteiger partial charge in [0.25, 0.3) is 0 Å². The fourth-order valence-corrected chi connectivity index (χ4v) is 2.78. The molecule has 0 aromatic heterocycles. The second-order valence-electron chi connectivity index (χ2n) is 5.38. The van der Waals surface area contributed by atoms with Crippen LogP contribution in [0.4, 0.5) is 16.2 Å². The number of urea groups is 1. The number of nitrogens with two attached hydrogens (primary N) is 1. The molecule has 4 nitrogen and oxygen atoms in total. The molecule has 0 saturated heterocycles. The van der Waals surface area contributed by atoms with Gasteiger partial charge in [0.05, 0.1) is 0 Å². The van der Waals surface area contributed by atoms with Gasteiger partial charge >= 0.3 is 6.03 Å². The molecule has 0 bridgehead atoms. The van der Waals surface area contributed by atoms with Crippen LogP contribution in [0.15, 0.2) is 48.5 Å². The molecule has 4 heteroatoms. The van der Waals surface area contributed by atoms with Crippen LogP contribution in [-0.2, 0) is 13.0 Å². The standard InChI is InChI=1S/C17H19N3O/c1-12-10-14-4-2-3-5-16(14)20(12)17(21)19-15-8-6-13(11-18)7-9-15/h2-9,12H,10-11,18H2,1H3,(H,19,21). The van der Waals surface area contributed by atoms with Crippen LogP contribution in [0.5, 0.6) is 0 Å². The van der Waals surface area contributed by atoms with E-state index in [2.05, 4.69) is 18.3 Å². The van der Waals surface area contributed by atoms with Gasteiger partial charge < -0.3 is 11.1 Å². The first-order chi connectivity index (χ1) is 10.2. The summed E-state index contributed by atoms with van der Waals surface area (Å²) in [5, 5.41) is 2.95. The Balaban J connectivity index is 1.79. The van der Waals surface area contributed by atoms with Crippen LogP contribution in [0.1, 0.15) is 18.1 Å². The molecule has 0 saturated carbocycles. The molecule has 108 valence electrons. The number of carbonyl (C=O) groups is 1. The number of amides is 2. The molecule has 2 aromatic carbocycles. The molecule has 1 aliphatic rings. The summed E-state index contributed by atoms with van der Waals surface area (Å²) in [4.78, 5) is 14.4. The van der Waals surface area contributed by atoms with E-state index < -0.39 is 0 Å². The average Bonchev–Trinajstić information content (AvgIpc) is 2.83. The zero-order valence-corrected chi connectivity index (χ0v) is 12.0. The lowest BCUT2D eigenvalue weighted by Crippen LogP contribution is -2.39. The maximum Gasteiger partial charge on any atom is 0.326 e. The zero-order valence-electron chi connectivity index (χ0n) is 12.0. The highest BCUT2D eigenvalue weighted by Crippen LogP contribution is 2.32. The Hall–Kier alpha value is -2.33. The first-order valence-electron chi connectivity index (χ1n) is 7.16. The van der Waals surface area contributed by atoms with E-state index in [0.717, 1.165) is 23.4 Å². The van der Waals surface area contributed by atoms with Crippen LogP contribution in [-0.4, -0.2) is 12.1 Å². The minimum Gasteiger partial charge on any atom is -0.326 e. The molecule has 0 fully saturated rings. The summed E-state index contributed by atoms with van der Waals surface area (Å²) in [6, 6.07) is 15.8. The summed E-state index contributed by atoms with van der Waals surface area (Å²) in [7, 11) is 0. The van der Waals surface area contributed by atoms with E-state index >= 15 is 0 Å². The van der Waals surface area contributed by atoms with Crippen LogP contribution in [0, 0.1) is 0 Å². The molecule has 1 aliphatic heterocycles. The molecule has 0 aliphatic carbocycles. The quantitative estimate of drug-likeness (QED) is 0.888. The SMILES string of the molecule is CC1Cc2ccccc2N1C(=O)Nc1ccc(CN)cc1. The largest absolute Gasteiger partial charge is 0.326 e. The fourth-order valence-electron chi connectivity index (χ4n) is 2.78. The van der Waals surface area contributed by atoms with Gasteiger partial charge in [0, 0.05) is 24.0 Å². The average molecular weight is 281 g/mol. The normalized spacial score (nSPS) is 16.7. The zero-order chi connectivity index (χ0) is 14.8. The summed E-state index contributed by atoms with van der Waals surface area (Å²) in [6.07, 6.45) is 0.899. The van der Waals surface area contributed by atoms with Gasteiger partial charge in [0.15, 0.2) is 0 Å². The Morgan fingerprint density at radius 3 is 2.67 bits per heavy atom. The van der Waals surface area contributed by atoms with Gasteiger partial charge in [-0.25, -0.2) is 4.79 Å². The Morgan fingerprint density at radius 1 is 1.24 bits per heavy atom. The molecule has 0 spiro atoms. The van der Waals surface area contributed by atoms with Crippen LogP contribution in [0.3, 0.4) is 0 Å². The Morgan fingerprint density at radius 2 is 1.95 bits per heavy atom. The van der Waals surface area contributed by atoms with E-state index in [1.807, 2.05) is 47.4 Å². The number of para-hydroxylation sites is 1. The predicted octanol–water partition coefficient (Wildman–Crippen LogP) is 3.13. The number of fused-ring (bicyclic) bond motifs is 1. The van der Waals surface area contributed by atoms with Gasteiger partial charge in [-0.2, -0.15) is 0 Å². The number of nitrogens with one attached hydrogen (secondary N) is 1. The minimum absolute atomic E-state index is 0.0899. The van der Waals surface area contributed by atoms with Crippen molar-refractivity contribution in [2.24, 2.45) is 5.73 Å². The lowest BCUT2D eigenvalue weighted by molar-refractivity contribution is 0.256. The topological polar surface area (TPSA) is 58.4 Å². The van der Waals surface area contributed by atoms with Crippen LogP contribution < -0.4 is 16.0 Å². The molecule has 21 heavy (non-hydrogen) atoms. The summed E-state index contributed by atoms with van der Waals surface area (Å²) in [6.45, 7) is 2.57. The molecule has 2 amide bonds. The highest BCUT2D eigenvalue weighted by molar-refractivity contribution is 6.03. The van der Waals surface area contributed by atoms with Gasteiger partial charge in [-0.15, -0.1) is 0 Å². The van der Waals surface area contributed by atoms with Gasteiger partial charge in [0.1, 0.15) is 0 Å². The first-order valence-corrected chi connectivity index (χ1v) is 7.16. The van der Waals surface area contributed by atoms with E-state index in [-0.39, 0.29) is 12.1 Å². The first kappa shape index (κ1) is 13.6. The maximum atomic E-state index is 12.5. The van der Waals surface area contributed by atoms with Crippen LogP contribution in [0.25, 0.3) is 0 Å². The third-order valence-electron chi connectivity index (χ3n) is 3.87. The van der Waals surface area contributed by atoms with Gasteiger partial charge in [-0.3, -0.25) is 4.90 Å².